The summed E-state index contributed by atoms with van der Waals surface area (Å²) in [5.74, 6) is 0.807. The molecule has 1 aromatic heterocycles. The molecule has 0 aliphatic carbocycles. The average molecular weight is 246 g/mol. The Hall–Kier alpha value is -1.94. The molecule has 2 aromatic rings. The molecule has 4 heteroatoms. The molecule has 1 aromatic carbocycles. The summed E-state index contributed by atoms with van der Waals surface area (Å²) in [6.07, 6.45) is 0. The average Bonchev–Trinajstić information content (AvgIpc) is 2.34. The zero-order valence-electron chi connectivity index (χ0n) is 10.4. The van der Waals surface area contributed by atoms with Gasteiger partial charge in [0.2, 0.25) is 5.88 Å². The second kappa shape index (κ2) is 5.14. The van der Waals surface area contributed by atoms with Crippen LogP contribution in [0.25, 0.3) is 0 Å². The van der Waals surface area contributed by atoms with Crippen LogP contribution >= 0.6 is 0 Å². The molecule has 18 heavy (non-hydrogen) atoms. The lowest BCUT2D eigenvalue weighted by molar-refractivity contribution is 0.459. The largest absolute Gasteiger partial charge is 0.439 e. The van der Waals surface area contributed by atoms with E-state index in [9.17, 15) is 4.39 Å². The molecule has 0 saturated heterocycles. The second-order valence-corrected chi connectivity index (χ2v) is 4.11. The van der Waals surface area contributed by atoms with Gasteiger partial charge >= 0.3 is 0 Å². The number of benzene rings is 1. The highest BCUT2D eigenvalue weighted by Gasteiger charge is 2.04. The lowest BCUT2D eigenvalue weighted by Gasteiger charge is -2.08. The van der Waals surface area contributed by atoms with Crippen LogP contribution in [0.4, 0.5) is 4.39 Å². The van der Waals surface area contributed by atoms with Crippen LogP contribution in [0.2, 0.25) is 0 Å². The summed E-state index contributed by atoms with van der Waals surface area (Å²) in [4.78, 5) is 4.30. The zero-order chi connectivity index (χ0) is 13.1. The summed E-state index contributed by atoms with van der Waals surface area (Å²) in [6.45, 7) is 4.03. The van der Waals surface area contributed by atoms with E-state index in [1.165, 1.54) is 6.07 Å². The van der Waals surface area contributed by atoms with Gasteiger partial charge in [0.25, 0.3) is 0 Å². The highest BCUT2D eigenvalue weighted by Crippen LogP contribution is 2.22. The highest BCUT2D eigenvalue weighted by molar-refractivity contribution is 5.33. The molecule has 94 valence electrons. The standard InChI is InChI=1S/C14H15FN2O/c1-9-7-12(4-5-13(9)15)18-14-6-3-11(8-16)10(2)17-14/h3-7H,8,16H2,1-2H3. The van der Waals surface area contributed by atoms with E-state index in [4.69, 9.17) is 10.5 Å². The number of nitrogens with two attached hydrogens (primary N) is 1. The fourth-order valence-corrected chi connectivity index (χ4v) is 1.64. The maximum absolute atomic E-state index is 13.1. The zero-order valence-corrected chi connectivity index (χ0v) is 10.4. The molecule has 0 atom stereocenters. The van der Waals surface area contributed by atoms with Crippen molar-refractivity contribution in [1.29, 1.82) is 0 Å². The highest BCUT2D eigenvalue weighted by atomic mass is 19.1. The van der Waals surface area contributed by atoms with Crippen molar-refractivity contribution in [3.05, 3.63) is 53.0 Å². The monoisotopic (exact) mass is 246 g/mol. The van der Waals surface area contributed by atoms with Crippen LogP contribution < -0.4 is 10.5 Å². The van der Waals surface area contributed by atoms with Crippen molar-refractivity contribution >= 4 is 0 Å². The Kier molecular flexibility index (Phi) is 3.58. The Morgan fingerprint density at radius 1 is 1.22 bits per heavy atom. The Labute approximate surface area is 105 Å². The minimum Gasteiger partial charge on any atom is -0.439 e. The van der Waals surface area contributed by atoms with E-state index in [1.807, 2.05) is 13.0 Å². The van der Waals surface area contributed by atoms with Crippen LogP contribution in [0.15, 0.2) is 30.3 Å². The van der Waals surface area contributed by atoms with E-state index in [0.717, 1.165) is 11.3 Å². The molecule has 0 aliphatic rings. The summed E-state index contributed by atoms with van der Waals surface area (Å²) in [5, 5.41) is 0. The SMILES string of the molecule is Cc1cc(Oc2ccc(CN)c(C)n2)ccc1F. The molecule has 1 heterocycles. The number of hydrogen-bond donors (Lipinski definition) is 1. The smallest absolute Gasteiger partial charge is 0.219 e. The van der Waals surface area contributed by atoms with Crippen molar-refractivity contribution in [3.8, 4) is 11.6 Å². The fraction of sp³-hybridized carbons (Fsp3) is 0.214. The lowest BCUT2D eigenvalue weighted by atomic mass is 10.2. The number of halogens is 1. The first-order valence-corrected chi connectivity index (χ1v) is 5.70. The molecule has 0 bridgehead atoms. The number of rotatable bonds is 3. The van der Waals surface area contributed by atoms with E-state index in [2.05, 4.69) is 4.98 Å². The van der Waals surface area contributed by atoms with Gasteiger partial charge in [-0.15, -0.1) is 0 Å². The van der Waals surface area contributed by atoms with Gasteiger partial charge < -0.3 is 10.5 Å². The Morgan fingerprint density at radius 3 is 2.61 bits per heavy atom. The van der Waals surface area contributed by atoms with Gasteiger partial charge in [-0.3, -0.25) is 0 Å². The van der Waals surface area contributed by atoms with E-state index < -0.39 is 0 Å². The van der Waals surface area contributed by atoms with E-state index in [0.29, 0.717) is 23.7 Å². The van der Waals surface area contributed by atoms with Crippen molar-refractivity contribution in [3.63, 3.8) is 0 Å². The third kappa shape index (κ3) is 2.65. The van der Waals surface area contributed by atoms with Crippen molar-refractivity contribution in [2.75, 3.05) is 0 Å². The Morgan fingerprint density at radius 2 is 2.00 bits per heavy atom. The van der Waals surface area contributed by atoms with Crippen molar-refractivity contribution in [1.82, 2.24) is 4.98 Å². The van der Waals surface area contributed by atoms with E-state index in [1.54, 1.807) is 25.1 Å². The summed E-state index contributed by atoms with van der Waals surface area (Å²) in [5.41, 5.74) is 7.94. The van der Waals surface area contributed by atoms with Gasteiger partial charge in [0, 0.05) is 18.3 Å². The number of aromatic nitrogens is 1. The molecule has 0 spiro atoms. The summed E-state index contributed by atoms with van der Waals surface area (Å²) in [7, 11) is 0. The first kappa shape index (κ1) is 12.5. The molecule has 0 fully saturated rings. The van der Waals surface area contributed by atoms with Gasteiger partial charge in [-0.2, -0.15) is 0 Å². The fourth-order valence-electron chi connectivity index (χ4n) is 1.64. The number of hydrogen-bond acceptors (Lipinski definition) is 3. The molecule has 3 nitrogen and oxygen atoms in total. The van der Waals surface area contributed by atoms with Gasteiger partial charge in [0.05, 0.1) is 0 Å². The van der Waals surface area contributed by atoms with Crippen LogP contribution in [0.5, 0.6) is 11.6 Å². The molecule has 0 amide bonds. The Balaban J connectivity index is 2.23. The van der Waals surface area contributed by atoms with E-state index >= 15 is 0 Å². The van der Waals surface area contributed by atoms with Crippen molar-refractivity contribution in [2.45, 2.75) is 20.4 Å². The number of nitrogens with zero attached hydrogens (tertiary/aromatic N) is 1. The Bertz CT molecular complexity index is 570. The van der Waals surface area contributed by atoms with Crippen LogP contribution in [0.3, 0.4) is 0 Å². The summed E-state index contributed by atoms with van der Waals surface area (Å²) < 4.78 is 18.7. The number of aryl methyl sites for hydroxylation is 2. The van der Waals surface area contributed by atoms with Gasteiger partial charge in [-0.1, -0.05) is 6.07 Å². The van der Waals surface area contributed by atoms with Gasteiger partial charge in [-0.25, -0.2) is 9.37 Å². The number of ether oxygens (including phenoxy) is 1. The molecular weight excluding hydrogens is 231 g/mol. The lowest BCUT2D eigenvalue weighted by Crippen LogP contribution is -2.01. The summed E-state index contributed by atoms with van der Waals surface area (Å²) >= 11 is 0. The van der Waals surface area contributed by atoms with Crippen LogP contribution in [-0.2, 0) is 6.54 Å². The minimum absolute atomic E-state index is 0.245. The molecule has 0 radical (unpaired) electrons. The van der Waals surface area contributed by atoms with Gasteiger partial charge in [0.1, 0.15) is 11.6 Å². The van der Waals surface area contributed by atoms with E-state index in [-0.39, 0.29) is 5.82 Å². The molecular formula is C14H15FN2O. The van der Waals surface area contributed by atoms with Crippen molar-refractivity contribution in [2.24, 2.45) is 5.73 Å². The summed E-state index contributed by atoms with van der Waals surface area (Å²) in [6, 6.07) is 8.24. The predicted octanol–water partition coefficient (Wildman–Crippen LogP) is 3.09. The van der Waals surface area contributed by atoms with Gasteiger partial charge in [0.15, 0.2) is 0 Å². The van der Waals surface area contributed by atoms with Crippen LogP contribution in [-0.4, -0.2) is 4.98 Å². The molecule has 0 aliphatic heterocycles. The minimum atomic E-state index is -0.245. The normalized spacial score (nSPS) is 10.4. The quantitative estimate of drug-likeness (QED) is 0.905. The van der Waals surface area contributed by atoms with Crippen LogP contribution in [0, 0.1) is 19.7 Å². The second-order valence-electron chi connectivity index (χ2n) is 4.11. The molecule has 2 rings (SSSR count). The first-order valence-electron chi connectivity index (χ1n) is 5.70. The maximum Gasteiger partial charge on any atom is 0.219 e. The van der Waals surface area contributed by atoms with Crippen LogP contribution in [0.1, 0.15) is 16.8 Å². The third-order valence-corrected chi connectivity index (χ3v) is 2.74. The van der Waals surface area contributed by atoms with Crippen molar-refractivity contribution < 1.29 is 9.13 Å². The molecule has 0 saturated carbocycles. The maximum atomic E-state index is 13.1. The topological polar surface area (TPSA) is 48.1 Å². The molecule has 0 unspecified atom stereocenters. The number of pyridine rings is 1. The molecule has 2 N–H and O–H groups in total. The van der Waals surface area contributed by atoms with Gasteiger partial charge in [-0.05, 0) is 43.2 Å². The first-order chi connectivity index (χ1) is 8.60. The predicted molar refractivity (Wildman–Crippen MR) is 68.1 cm³/mol. The third-order valence-electron chi connectivity index (χ3n) is 2.74.